The second-order valence-corrected chi connectivity index (χ2v) is 6.13. The van der Waals surface area contributed by atoms with Crippen molar-refractivity contribution >= 4 is 23.2 Å². The van der Waals surface area contributed by atoms with E-state index in [4.69, 9.17) is 4.74 Å². The smallest absolute Gasteiger partial charge is 0.412 e. The first-order valence-corrected chi connectivity index (χ1v) is 6.86. The lowest BCUT2D eigenvalue weighted by Crippen LogP contribution is -2.27. The summed E-state index contributed by atoms with van der Waals surface area (Å²) in [5.74, 6) is -0.149. The monoisotopic (exact) mass is 304 g/mol. The average Bonchev–Trinajstić information content (AvgIpc) is 2.78. The third-order valence-corrected chi connectivity index (χ3v) is 2.80. The molecule has 0 unspecified atom stereocenters. The lowest BCUT2D eigenvalue weighted by atomic mass is 10.2. The van der Waals surface area contributed by atoms with Crippen LogP contribution in [-0.2, 0) is 4.74 Å². The molecule has 2 amide bonds. The van der Waals surface area contributed by atoms with E-state index in [1.54, 1.807) is 57.7 Å². The molecule has 0 spiro atoms. The van der Waals surface area contributed by atoms with E-state index in [9.17, 15) is 9.59 Å². The second kappa shape index (κ2) is 5.67. The summed E-state index contributed by atoms with van der Waals surface area (Å²) < 4.78 is 6.78. The maximum absolute atomic E-state index is 12.1. The summed E-state index contributed by atoms with van der Waals surface area (Å²) in [6.45, 7) is 5.38. The second-order valence-electron chi connectivity index (χ2n) is 6.13. The molecule has 2 rings (SSSR count). The Bertz CT molecular complexity index is 713. The van der Waals surface area contributed by atoms with Crippen molar-refractivity contribution in [1.82, 2.24) is 14.5 Å². The SMILES string of the molecule is CN(C)C(=O)c1cnn2ccc(NC(=O)OC(C)(C)C)cc12. The van der Waals surface area contributed by atoms with Gasteiger partial charge < -0.3 is 9.64 Å². The van der Waals surface area contributed by atoms with Crippen LogP contribution in [-0.4, -0.2) is 46.2 Å². The molecule has 0 saturated heterocycles. The highest BCUT2D eigenvalue weighted by molar-refractivity contribution is 6.01. The van der Waals surface area contributed by atoms with Crippen molar-refractivity contribution in [3.63, 3.8) is 0 Å². The molecule has 22 heavy (non-hydrogen) atoms. The summed E-state index contributed by atoms with van der Waals surface area (Å²) >= 11 is 0. The Hall–Kier alpha value is -2.57. The van der Waals surface area contributed by atoms with Gasteiger partial charge in [-0.25, -0.2) is 9.31 Å². The normalized spacial score (nSPS) is 11.3. The van der Waals surface area contributed by atoms with Crippen molar-refractivity contribution in [3.8, 4) is 0 Å². The van der Waals surface area contributed by atoms with Crippen LogP contribution in [0.5, 0.6) is 0 Å². The van der Waals surface area contributed by atoms with Gasteiger partial charge in [-0.15, -0.1) is 0 Å². The first-order chi connectivity index (χ1) is 10.2. The zero-order valence-electron chi connectivity index (χ0n) is 13.4. The van der Waals surface area contributed by atoms with Crippen LogP contribution in [0.3, 0.4) is 0 Å². The van der Waals surface area contributed by atoms with E-state index in [2.05, 4.69) is 10.4 Å². The largest absolute Gasteiger partial charge is 0.444 e. The number of hydrogen-bond donors (Lipinski definition) is 1. The Morgan fingerprint density at radius 1 is 1.32 bits per heavy atom. The Morgan fingerprint density at radius 3 is 2.59 bits per heavy atom. The maximum Gasteiger partial charge on any atom is 0.412 e. The topological polar surface area (TPSA) is 75.9 Å². The minimum atomic E-state index is -0.573. The van der Waals surface area contributed by atoms with Crippen LogP contribution in [0, 0.1) is 0 Å². The number of nitrogens with zero attached hydrogens (tertiary/aromatic N) is 3. The number of pyridine rings is 1. The third kappa shape index (κ3) is 3.55. The van der Waals surface area contributed by atoms with Crippen molar-refractivity contribution in [3.05, 3.63) is 30.1 Å². The molecule has 118 valence electrons. The Kier molecular flexibility index (Phi) is 4.07. The van der Waals surface area contributed by atoms with Crippen LogP contribution >= 0.6 is 0 Å². The highest BCUT2D eigenvalue weighted by atomic mass is 16.6. The highest BCUT2D eigenvalue weighted by Crippen LogP contribution is 2.18. The van der Waals surface area contributed by atoms with Gasteiger partial charge in [0.25, 0.3) is 5.91 Å². The minimum absolute atomic E-state index is 0.149. The fourth-order valence-electron chi connectivity index (χ4n) is 1.89. The van der Waals surface area contributed by atoms with E-state index < -0.39 is 11.7 Å². The highest BCUT2D eigenvalue weighted by Gasteiger charge is 2.18. The number of rotatable bonds is 2. The first kappa shape index (κ1) is 15.8. The molecule has 0 fully saturated rings. The molecule has 0 aromatic carbocycles. The molecule has 1 N–H and O–H groups in total. The summed E-state index contributed by atoms with van der Waals surface area (Å²) in [7, 11) is 3.35. The van der Waals surface area contributed by atoms with Crippen LogP contribution in [0.25, 0.3) is 5.52 Å². The van der Waals surface area contributed by atoms with Crippen LogP contribution < -0.4 is 5.32 Å². The van der Waals surface area contributed by atoms with Crippen LogP contribution in [0.15, 0.2) is 24.5 Å². The predicted molar refractivity (Wildman–Crippen MR) is 83.1 cm³/mol. The molecule has 0 bridgehead atoms. The molecule has 0 aliphatic carbocycles. The molecule has 2 aromatic rings. The number of hydrogen-bond acceptors (Lipinski definition) is 4. The summed E-state index contributed by atoms with van der Waals surface area (Å²) in [6.07, 6.45) is 2.64. The van der Waals surface area contributed by atoms with Gasteiger partial charge in [0, 0.05) is 26.0 Å². The summed E-state index contributed by atoms with van der Waals surface area (Å²) in [6, 6.07) is 3.38. The quantitative estimate of drug-likeness (QED) is 0.924. The van der Waals surface area contributed by atoms with E-state index in [0.717, 1.165) is 0 Å². The number of carbonyl (C=O) groups excluding carboxylic acids is 2. The van der Waals surface area contributed by atoms with E-state index in [0.29, 0.717) is 16.8 Å². The average molecular weight is 304 g/mol. The van der Waals surface area contributed by atoms with Crippen molar-refractivity contribution < 1.29 is 14.3 Å². The lowest BCUT2D eigenvalue weighted by molar-refractivity contribution is 0.0635. The number of amides is 2. The van der Waals surface area contributed by atoms with Crippen LogP contribution in [0.2, 0.25) is 0 Å². The molecule has 7 nitrogen and oxygen atoms in total. The van der Waals surface area contributed by atoms with E-state index >= 15 is 0 Å². The molecule has 2 heterocycles. The van der Waals surface area contributed by atoms with E-state index in [1.807, 2.05) is 0 Å². The zero-order valence-corrected chi connectivity index (χ0v) is 13.4. The Balaban J connectivity index is 2.28. The van der Waals surface area contributed by atoms with Gasteiger partial charge in [-0.3, -0.25) is 10.1 Å². The molecule has 0 radical (unpaired) electrons. The van der Waals surface area contributed by atoms with Crippen molar-refractivity contribution in [2.24, 2.45) is 0 Å². The summed E-state index contributed by atoms with van der Waals surface area (Å²) in [4.78, 5) is 25.4. The molecule has 2 aromatic heterocycles. The number of carbonyl (C=O) groups is 2. The third-order valence-electron chi connectivity index (χ3n) is 2.80. The molecule has 0 aliphatic heterocycles. The Morgan fingerprint density at radius 2 is 2.00 bits per heavy atom. The number of anilines is 1. The van der Waals surface area contributed by atoms with Gasteiger partial charge in [0.1, 0.15) is 5.60 Å². The van der Waals surface area contributed by atoms with E-state index in [1.165, 1.54) is 11.1 Å². The van der Waals surface area contributed by atoms with E-state index in [-0.39, 0.29) is 5.91 Å². The van der Waals surface area contributed by atoms with Crippen molar-refractivity contribution in [1.29, 1.82) is 0 Å². The lowest BCUT2D eigenvalue weighted by Gasteiger charge is -2.19. The van der Waals surface area contributed by atoms with Gasteiger partial charge >= 0.3 is 6.09 Å². The predicted octanol–water partition coefficient (Wildman–Crippen LogP) is 2.38. The van der Waals surface area contributed by atoms with Crippen LogP contribution in [0.4, 0.5) is 10.5 Å². The number of nitrogens with one attached hydrogen (secondary N) is 1. The Labute approximate surface area is 128 Å². The maximum atomic E-state index is 12.1. The zero-order chi connectivity index (χ0) is 16.5. The minimum Gasteiger partial charge on any atom is -0.444 e. The first-order valence-electron chi connectivity index (χ1n) is 6.86. The van der Waals surface area contributed by atoms with Gasteiger partial charge in [-0.1, -0.05) is 0 Å². The van der Waals surface area contributed by atoms with Crippen LogP contribution in [0.1, 0.15) is 31.1 Å². The molecular formula is C15H20N4O3. The fourth-order valence-corrected chi connectivity index (χ4v) is 1.89. The van der Waals surface area contributed by atoms with Crippen molar-refractivity contribution in [2.45, 2.75) is 26.4 Å². The number of fused-ring (bicyclic) bond motifs is 1. The van der Waals surface area contributed by atoms with Gasteiger partial charge in [0.2, 0.25) is 0 Å². The summed E-state index contributed by atoms with van der Waals surface area (Å²) in [5.41, 5.74) is 1.05. The standard InChI is InChI=1S/C15H20N4O3/c1-15(2,3)22-14(21)17-10-6-7-19-12(8-10)11(9-16-19)13(20)18(4)5/h6-9H,1-5H3,(H,17,21). The molecule has 7 heteroatoms. The molecule has 0 saturated carbocycles. The fraction of sp³-hybridized carbons (Fsp3) is 0.400. The van der Waals surface area contributed by atoms with Gasteiger partial charge in [0.15, 0.2) is 0 Å². The molecule has 0 atom stereocenters. The summed E-state index contributed by atoms with van der Waals surface area (Å²) in [5, 5.41) is 6.78. The van der Waals surface area contributed by atoms with Crippen molar-refractivity contribution in [2.75, 3.05) is 19.4 Å². The number of aromatic nitrogens is 2. The molecule has 0 aliphatic rings. The van der Waals surface area contributed by atoms with Gasteiger partial charge in [-0.2, -0.15) is 5.10 Å². The van der Waals surface area contributed by atoms with Gasteiger partial charge in [-0.05, 0) is 32.9 Å². The number of ether oxygens (including phenoxy) is 1. The molecular weight excluding hydrogens is 284 g/mol. The van der Waals surface area contributed by atoms with Gasteiger partial charge in [0.05, 0.1) is 17.3 Å².